The third-order valence-corrected chi connectivity index (χ3v) is 4.49. The molecule has 0 radical (unpaired) electrons. The summed E-state index contributed by atoms with van der Waals surface area (Å²) in [5.41, 5.74) is 0.805. The van der Waals surface area contributed by atoms with Gasteiger partial charge >= 0.3 is 5.63 Å². The summed E-state index contributed by atoms with van der Waals surface area (Å²) >= 11 is 0. The first-order valence-corrected chi connectivity index (χ1v) is 8.60. The monoisotopic (exact) mass is 370 g/mol. The van der Waals surface area contributed by atoms with Crippen LogP contribution < -0.4 is 20.4 Å². The van der Waals surface area contributed by atoms with Gasteiger partial charge in [0.2, 0.25) is 11.7 Å². The smallest absolute Gasteiger partial charge is 0.340 e. The molecule has 0 unspecified atom stereocenters. The molecule has 1 amide bonds. The Morgan fingerprint density at radius 2 is 1.93 bits per heavy atom. The van der Waals surface area contributed by atoms with E-state index in [1.807, 2.05) is 29.1 Å². The zero-order chi connectivity index (χ0) is 19.4. The molecule has 2 aromatic heterocycles. The topological polar surface area (TPSA) is 82.7 Å². The number of benzene rings is 1. The average molecular weight is 370 g/mol. The molecule has 0 aliphatic carbocycles. The fourth-order valence-corrected chi connectivity index (χ4v) is 3.04. The average Bonchev–Trinajstić information content (AvgIpc) is 3.17. The van der Waals surface area contributed by atoms with Gasteiger partial charge in [-0.15, -0.1) is 0 Å². The highest BCUT2D eigenvalue weighted by molar-refractivity contribution is 5.89. The van der Waals surface area contributed by atoms with E-state index in [0.29, 0.717) is 46.7 Å². The molecule has 0 aliphatic rings. The highest BCUT2D eigenvalue weighted by Crippen LogP contribution is 2.36. The van der Waals surface area contributed by atoms with E-state index >= 15 is 0 Å². The van der Waals surface area contributed by atoms with E-state index < -0.39 is 5.63 Å². The zero-order valence-electron chi connectivity index (χ0n) is 15.6. The summed E-state index contributed by atoms with van der Waals surface area (Å²) in [6.07, 6.45) is 3.82. The van der Waals surface area contributed by atoms with Gasteiger partial charge in [-0.2, -0.15) is 0 Å². The number of fused-ring (bicyclic) bond motifs is 1. The molecule has 27 heavy (non-hydrogen) atoms. The van der Waals surface area contributed by atoms with E-state index in [1.165, 1.54) is 14.2 Å². The van der Waals surface area contributed by atoms with Crippen molar-refractivity contribution in [1.29, 1.82) is 0 Å². The van der Waals surface area contributed by atoms with Gasteiger partial charge < -0.3 is 23.8 Å². The minimum absolute atomic E-state index is 0.0376. The van der Waals surface area contributed by atoms with Gasteiger partial charge in [0.05, 0.1) is 26.2 Å². The van der Waals surface area contributed by atoms with Crippen LogP contribution in [0.25, 0.3) is 11.0 Å². The normalized spacial score (nSPS) is 10.8. The summed E-state index contributed by atoms with van der Waals surface area (Å²) in [6.45, 7) is 2.95. The number of nitrogens with zero attached hydrogens (tertiary/aromatic N) is 1. The molecule has 0 saturated carbocycles. The van der Waals surface area contributed by atoms with E-state index in [2.05, 4.69) is 5.32 Å². The van der Waals surface area contributed by atoms with Crippen LogP contribution in [0.4, 0.5) is 0 Å². The standard InChI is InChI=1S/C20H22N2O5/c1-13-14-6-7-16(25-2)19(26-3)18(14)27-20(24)15(13)12-17(23)21-8-11-22-9-4-5-10-22/h4-7,9-10H,8,11-12H2,1-3H3,(H,21,23). The van der Waals surface area contributed by atoms with E-state index in [-0.39, 0.29) is 12.3 Å². The minimum Gasteiger partial charge on any atom is -0.493 e. The fraction of sp³-hybridized carbons (Fsp3) is 0.300. The van der Waals surface area contributed by atoms with E-state index in [4.69, 9.17) is 13.9 Å². The highest BCUT2D eigenvalue weighted by Gasteiger charge is 2.19. The lowest BCUT2D eigenvalue weighted by Crippen LogP contribution is -2.30. The van der Waals surface area contributed by atoms with Gasteiger partial charge in [-0.25, -0.2) is 4.79 Å². The van der Waals surface area contributed by atoms with Crippen LogP contribution in [0.1, 0.15) is 11.1 Å². The number of hydrogen-bond acceptors (Lipinski definition) is 5. The Bertz CT molecular complexity index is 1010. The second-order valence-corrected chi connectivity index (χ2v) is 6.12. The molecule has 2 heterocycles. The number of ether oxygens (including phenoxy) is 2. The molecule has 0 spiro atoms. The second kappa shape index (κ2) is 7.99. The molecule has 1 aromatic carbocycles. The van der Waals surface area contributed by atoms with Gasteiger partial charge in [0.1, 0.15) is 0 Å². The largest absolute Gasteiger partial charge is 0.493 e. The lowest BCUT2D eigenvalue weighted by atomic mass is 10.0. The summed E-state index contributed by atoms with van der Waals surface area (Å²) in [6, 6.07) is 7.39. The van der Waals surface area contributed by atoms with E-state index in [0.717, 1.165) is 0 Å². The minimum atomic E-state index is -0.549. The van der Waals surface area contributed by atoms with Crippen LogP contribution in [0.2, 0.25) is 0 Å². The third-order valence-electron chi connectivity index (χ3n) is 4.49. The number of rotatable bonds is 7. The molecule has 142 valence electrons. The predicted octanol–water partition coefficient (Wildman–Crippen LogP) is 2.28. The van der Waals surface area contributed by atoms with Gasteiger partial charge in [-0.3, -0.25) is 4.79 Å². The van der Waals surface area contributed by atoms with Crippen LogP contribution in [0, 0.1) is 6.92 Å². The van der Waals surface area contributed by atoms with Crippen molar-refractivity contribution in [2.75, 3.05) is 20.8 Å². The van der Waals surface area contributed by atoms with Gasteiger partial charge in [-0.05, 0) is 36.8 Å². The summed E-state index contributed by atoms with van der Waals surface area (Å²) in [5.74, 6) is 0.610. The molecule has 0 bridgehead atoms. The van der Waals surface area contributed by atoms with Crippen molar-refractivity contribution in [3.63, 3.8) is 0 Å². The van der Waals surface area contributed by atoms with Crippen molar-refractivity contribution < 1.29 is 18.7 Å². The second-order valence-electron chi connectivity index (χ2n) is 6.12. The number of aryl methyl sites for hydroxylation is 1. The van der Waals surface area contributed by atoms with Crippen LogP contribution in [-0.4, -0.2) is 31.2 Å². The number of carbonyl (C=O) groups excluding carboxylic acids is 1. The molecular weight excluding hydrogens is 348 g/mol. The van der Waals surface area contributed by atoms with Crippen molar-refractivity contribution >= 4 is 16.9 Å². The molecule has 3 aromatic rings. The summed E-state index contributed by atoms with van der Waals surface area (Å²) in [5, 5.41) is 3.54. The molecular formula is C20H22N2O5. The van der Waals surface area contributed by atoms with Crippen molar-refractivity contribution in [3.05, 3.63) is 58.2 Å². The Morgan fingerprint density at radius 3 is 2.59 bits per heavy atom. The van der Waals surface area contributed by atoms with Crippen molar-refractivity contribution in [1.82, 2.24) is 9.88 Å². The molecule has 7 heteroatoms. The maximum atomic E-state index is 12.5. The quantitative estimate of drug-likeness (QED) is 0.645. The Hall–Kier alpha value is -3.22. The predicted molar refractivity (Wildman–Crippen MR) is 101 cm³/mol. The van der Waals surface area contributed by atoms with Crippen molar-refractivity contribution in [2.24, 2.45) is 0 Å². The first-order valence-electron chi connectivity index (χ1n) is 8.60. The molecule has 0 atom stereocenters. The van der Waals surface area contributed by atoms with Crippen LogP contribution >= 0.6 is 0 Å². The fourth-order valence-electron chi connectivity index (χ4n) is 3.04. The number of nitrogens with one attached hydrogen (secondary N) is 1. The Kier molecular flexibility index (Phi) is 5.49. The molecule has 3 rings (SSSR count). The molecule has 0 saturated heterocycles. The van der Waals surface area contributed by atoms with Gasteiger partial charge in [0.15, 0.2) is 11.3 Å². The summed E-state index contributed by atoms with van der Waals surface area (Å²) in [7, 11) is 3.00. The maximum Gasteiger partial charge on any atom is 0.340 e. The van der Waals surface area contributed by atoms with Gasteiger partial charge in [0, 0.05) is 30.9 Å². The Morgan fingerprint density at radius 1 is 1.19 bits per heavy atom. The zero-order valence-corrected chi connectivity index (χ0v) is 15.6. The summed E-state index contributed by atoms with van der Waals surface area (Å²) < 4.78 is 18.0. The molecule has 0 aliphatic heterocycles. The molecule has 1 N–H and O–H groups in total. The maximum absolute atomic E-state index is 12.5. The molecule has 0 fully saturated rings. The Labute approximate surface area is 156 Å². The number of carbonyl (C=O) groups is 1. The molecule has 7 nitrogen and oxygen atoms in total. The van der Waals surface area contributed by atoms with Crippen molar-refractivity contribution in [3.8, 4) is 11.5 Å². The number of amides is 1. The number of aromatic nitrogens is 1. The Balaban J connectivity index is 1.82. The first-order chi connectivity index (χ1) is 13.0. The summed E-state index contributed by atoms with van der Waals surface area (Å²) in [4.78, 5) is 24.7. The lowest BCUT2D eigenvalue weighted by Gasteiger charge is -2.13. The lowest BCUT2D eigenvalue weighted by molar-refractivity contribution is -0.120. The van der Waals surface area contributed by atoms with Crippen LogP contribution in [0.3, 0.4) is 0 Å². The van der Waals surface area contributed by atoms with Gasteiger partial charge in [-0.1, -0.05) is 0 Å². The van der Waals surface area contributed by atoms with Crippen LogP contribution in [-0.2, 0) is 17.8 Å². The van der Waals surface area contributed by atoms with E-state index in [9.17, 15) is 9.59 Å². The van der Waals surface area contributed by atoms with Crippen LogP contribution in [0.15, 0.2) is 45.9 Å². The number of hydrogen-bond donors (Lipinski definition) is 1. The first kappa shape index (κ1) is 18.6. The van der Waals surface area contributed by atoms with Crippen LogP contribution in [0.5, 0.6) is 11.5 Å². The third kappa shape index (κ3) is 3.81. The van der Waals surface area contributed by atoms with Crippen molar-refractivity contribution in [2.45, 2.75) is 19.9 Å². The number of methoxy groups -OCH3 is 2. The van der Waals surface area contributed by atoms with E-state index in [1.54, 1.807) is 19.1 Å². The highest BCUT2D eigenvalue weighted by atomic mass is 16.5. The SMILES string of the molecule is COc1ccc2c(C)c(CC(=O)NCCn3cccc3)c(=O)oc2c1OC. The van der Waals surface area contributed by atoms with Gasteiger partial charge in [0.25, 0.3) is 0 Å².